The molecule has 0 amide bonds. The monoisotopic (exact) mass is 424 g/mol. The number of hydrogen-bond acceptors (Lipinski definition) is 2. The molecule has 0 N–H and O–H groups in total. The molecule has 0 bridgehead atoms. The van der Waals surface area contributed by atoms with Gasteiger partial charge >= 0.3 is 0 Å². The first-order valence-electron chi connectivity index (χ1n) is 9.82. The lowest BCUT2D eigenvalue weighted by Gasteiger charge is -2.14. The van der Waals surface area contributed by atoms with Gasteiger partial charge in [0, 0.05) is 24.5 Å². The molecule has 2 aromatic carbocycles. The fourth-order valence-corrected chi connectivity index (χ4v) is 3.71. The second-order valence-corrected chi connectivity index (χ2v) is 7.65. The van der Waals surface area contributed by atoms with Gasteiger partial charge in [0.2, 0.25) is 0 Å². The lowest BCUT2D eigenvalue weighted by atomic mass is 10.1. The highest BCUT2D eigenvalue weighted by molar-refractivity contribution is 5.86. The molecule has 0 radical (unpaired) electrons. The zero-order valence-electron chi connectivity index (χ0n) is 17.7. The zero-order valence-corrected chi connectivity index (χ0v) is 18.5. The Morgan fingerprint density at radius 3 is 2.43 bits per heavy atom. The van der Waals surface area contributed by atoms with E-state index in [4.69, 9.17) is 4.74 Å². The van der Waals surface area contributed by atoms with Crippen molar-refractivity contribution in [3.63, 3.8) is 0 Å². The Labute approximate surface area is 182 Å². The number of halogens is 2. The van der Waals surface area contributed by atoms with Crippen LogP contribution in [0.4, 0.5) is 4.39 Å². The lowest BCUT2D eigenvalue weighted by Crippen LogP contribution is -2.06. The van der Waals surface area contributed by atoms with Crippen molar-refractivity contribution in [1.29, 1.82) is 0 Å². The van der Waals surface area contributed by atoms with Crippen molar-refractivity contribution in [2.45, 2.75) is 40.8 Å². The molecule has 2 aromatic heterocycles. The first kappa shape index (κ1) is 21.8. The molecule has 0 saturated carbocycles. The first-order chi connectivity index (χ1) is 13.9. The third-order valence-corrected chi connectivity index (χ3v) is 5.60. The third-order valence-electron chi connectivity index (χ3n) is 5.60. The first-order valence-corrected chi connectivity index (χ1v) is 9.82. The fourth-order valence-electron chi connectivity index (χ4n) is 3.71. The minimum atomic E-state index is -0.242. The maximum atomic E-state index is 13.2. The quantitative estimate of drug-likeness (QED) is 0.367. The molecule has 5 heteroatoms. The topological polar surface area (TPSA) is 27.1 Å². The van der Waals surface area contributed by atoms with E-state index < -0.39 is 0 Å². The molecule has 156 valence electrons. The van der Waals surface area contributed by atoms with Gasteiger partial charge in [0.25, 0.3) is 0 Å². The summed E-state index contributed by atoms with van der Waals surface area (Å²) in [4.78, 5) is 4.62. The van der Waals surface area contributed by atoms with Crippen molar-refractivity contribution in [2.75, 3.05) is 0 Å². The molecule has 30 heavy (non-hydrogen) atoms. The van der Waals surface area contributed by atoms with Crippen LogP contribution >= 0.6 is 12.4 Å². The number of rotatable bonds is 5. The van der Waals surface area contributed by atoms with E-state index in [1.807, 2.05) is 6.07 Å². The van der Waals surface area contributed by atoms with E-state index in [2.05, 4.69) is 55.4 Å². The number of nitrogens with zero attached hydrogens (tertiary/aromatic N) is 2. The van der Waals surface area contributed by atoms with Gasteiger partial charge in [-0.05, 0) is 62.1 Å². The second-order valence-electron chi connectivity index (χ2n) is 7.65. The molecule has 0 aliphatic rings. The summed E-state index contributed by atoms with van der Waals surface area (Å²) >= 11 is 0. The van der Waals surface area contributed by atoms with Crippen molar-refractivity contribution >= 4 is 23.4 Å². The molecular weight excluding hydrogens is 399 g/mol. The average molecular weight is 425 g/mol. The smallest absolute Gasteiger partial charge is 0.147 e. The maximum Gasteiger partial charge on any atom is 0.147 e. The molecule has 4 aromatic rings. The summed E-state index contributed by atoms with van der Waals surface area (Å²) in [6, 6.07) is 14.9. The molecule has 0 spiro atoms. The predicted molar refractivity (Wildman–Crippen MR) is 122 cm³/mol. The van der Waals surface area contributed by atoms with Crippen LogP contribution in [0.1, 0.15) is 33.5 Å². The second kappa shape index (κ2) is 8.88. The predicted octanol–water partition coefficient (Wildman–Crippen LogP) is 6.46. The summed E-state index contributed by atoms with van der Waals surface area (Å²) in [7, 11) is 0. The highest BCUT2D eigenvalue weighted by Gasteiger charge is 2.17. The summed E-state index contributed by atoms with van der Waals surface area (Å²) < 4.78 is 21.6. The van der Waals surface area contributed by atoms with E-state index in [1.54, 1.807) is 18.3 Å². The zero-order chi connectivity index (χ0) is 20.5. The number of fused-ring (bicyclic) bond motifs is 1. The number of pyridine rings is 1. The van der Waals surface area contributed by atoms with E-state index in [0.717, 1.165) is 34.5 Å². The van der Waals surface area contributed by atoms with Crippen LogP contribution in [-0.2, 0) is 13.2 Å². The summed E-state index contributed by atoms with van der Waals surface area (Å²) in [6.07, 6.45) is 1.79. The van der Waals surface area contributed by atoms with E-state index in [9.17, 15) is 4.39 Å². The third kappa shape index (κ3) is 4.19. The molecule has 3 nitrogen and oxygen atoms in total. The number of benzene rings is 2. The molecule has 0 saturated heterocycles. The lowest BCUT2D eigenvalue weighted by molar-refractivity contribution is 0.308. The molecule has 0 aliphatic carbocycles. The number of aryl methyl sites for hydroxylation is 3. The molecule has 2 heterocycles. The van der Waals surface area contributed by atoms with Crippen molar-refractivity contribution in [2.24, 2.45) is 0 Å². The van der Waals surface area contributed by atoms with E-state index >= 15 is 0 Å². The van der Waals surface area contributed by atoms with Crippen LogP contribution in [0.15, 0.2) is 54.7 Å². The van der Waals surface area contributed by atoms with Crippen LogP contribution < -0.4 is 4.74 Å². The van der Waals surface area contributed by atoms with Gasteiger partial charge in [-0.25, -0.2) is 4.39 Å². The largest absolute Gasteiger partial charge is 0.487 e. The minimum absolute atomic E-state index is 0. The molecule has 0 atom stereocenters. The van der Waals surface area contributed by atoms with Gasteiger partial charge in [-0.15, -0.1) is 12.4 Å². The van der Waals surface area contributed by atoms with Gasteiger partial charge in [-0.2, -0.15) is 0 Å². The highest BCUT2D eigenvalue weighted by Crippen LogP contribution is 2.32. The van der Waals surface area contributed by atoms with Crippen LogP contribution in [0.3, 0.4) is 0 Å². The van der Waals surface area contributed by atoms with Gasteiger partial charge in [0.15, 0.2) is 0 Å². The molecular formula is C25H26ClFN2O. The Bertz CT molecular complexity index is 1180. The minimum Gasteiger partial charge on any atom is -0.487 e. The van der Waals surface area contributed by atoms with Gasteiger partial charge in [0.1, 0.15) is 23.7 Å². The Kier molecular flexibility index (Phi) is 6.47. The fraction of sp³-hybridized carbons (Fsp3) is 0.240. The Morgan fingerprint density at radius 1 is 0.967 bits per heavy atom. The average Bonchev–Trinajstić information content (AvgIpc) is 2.96. The molecule has 0 unspecified atom stereocenters. The van der Waals surface area contributed by atoms with Crippen LogP contribution in [0.25, 0.3) is 11.0 Å². The SMILES string of the molecule is Cc1ccc(C)c(Cn2c(C)c(C)c3nccc(OCc4ccc(F)cc4)c32)c1.Cl. The van der Waals surface area contributed by atoms with Crippen molar-refractivity contribution in [3.05, 3.63) is 94.1 Å². The van der Waals surface area contributed by atoms with E-state index in [0.29, 0.717) is 6.61 Å². The van der Waals surface area contributed by atoms with Crippen LogP contribution in [0.2, 0.25) is 0 Å². The Morgan fingerprint density at radius 2 is 1.70 bits per heavy atom. The number of ether oxygens (including phenoxy) is 1. The maximum absolute atomic E-state index is 13.2. The summed E-state index contributed by atoms with van der Waals surface area (Å²) in [5, 5.41) is 0. The standard InChI is InChI=1S/C25H25FN2O.ClH/c1-16-5-6-17(2)21(13-16)14-28-19(4)18(3)24-25(28)23(11-12-27-24)29-15-20-7-9-22(26)10-8-20;/h5-13H,14-15H2,1-4H3;1H. The van der Waals surface area contributed by atoms with E-state index in [-0.39, 0.29) is 18.2 Å². The van der Waals surface area contributed by atoms with Crippen molar-refractivity contribution in [1.82, 2.24) is 9.55 Å². The molecule has 4 rings (SSSR count). The molecule has 0 aliphatic heterocycles. The Hall–Kier alpha value is -2.85. The summed E-state index contributed by atoms with van der Waals surface area (Å²) in [5.74, 6) is 0.550. The van der Waals surface area contributed by atoms with Gasteiger partial charge in [0.05, 0.1) is 5.52 Å². The highest BCUT2D eigenvalue weighted by atomic mass is 35.5. The van der Waals surface area contributed by atoms with Crippen LogP contribution in [0.5, 0.6) is 5.75 Å². The number of hydrogen-bond donors (Lipinski definition) is 0. The van der Waals surface area contributed by atoms with Crippen LogP contribution in [0, 0.1) is 33.5 Å². The summed E-state index contributed by atoms with van der Waals surface area (Å²) in [6.45, 7) is 9.65. The van der Waals surface area contributed by atoms with Crippen LogP contribution in [-0.4, -0.2) is 9.55 Å². The summed E-state index contributed by atoms with van der Waals surface area (Å²) in [5.41, 5.74) is 9.06. The van der Waals surface area contributed by atoms with Gasteiger partial charge in [-0.1, -0.05) is 35.9 Å². The van der Waals surface area contributed by atoms with Crippen molar-refractivity contribution < 1.29 is 9.13 Å². The van der Waals surface area contributed by atoms with Crippen molar-refractivity contribution in [3.8, 4) is 5.75 Å². The molecule has 0 fully saturated rings. The van der Waals surface area contributed by atoms with Gasteiger partial charge in [-0.3, -0.25) is 4.98 Å². The number of aromatic nitrogens is 2. The Balaban J connectivity index is 0.00000256. The normalized spacial score (nSPS) is 10.8. The van der Waals surface area contributed by atoms with E-state index in [1.165, 1.54) is 34.5 Å². The van der Waals surface area contributed by atoms with Gasteiger partial charge < -0.3 is 9.30 Å².